The highest BCUT2D eigenvalue weighted by Crippen LogP contribution is 2.58. The van der Waals surface area contributed by atoms with Gasteiger partial charge in [-0.05, 0) is 36.5 Å². The van der Waals surface area contributed by atoms with Crippen LogP contribution in [-0.2, 0) is 0 Å². The number of fused-ring (bicyclic) bond motifs is 1. The van der Waals surface area contributed by atoms with E-state index >= 15 is 0 Å². The first kappa shape index (κ1) is 8.31. The topological polar surface area (TPSA) is 20.2 Å². The summed E-state index contributed by atoms with van der Waals surface area (Å²) in [6.45, 7) is 5.07. The predicted octanol–water partition coefficient (Wildman–Crippen LogP) is 2.36. The Morgan fingerprint density at radius 1 is 1.58 bits per heavy atom. The van der Waals surface area contributed by atoms with Gasteiger partial charge in [0.25, 0.3) is 0 Å². The first-order valence-electron chi connectivity index (χ1n) is 4.95. The quantitative estimate of drug-likeness (QED) is 0.624. The van der Waals surface area contributed by atoms with Gasteiger partial charge in [0.15, 0.2) is 0 Å². The number of aliphatic hydroxyl groups excluding tert-OH is 1. The van der Waals surface area contributed by atoms with Crippen LogP contribution in [0, 0.1) is 17.3 Å². The lowest BCUT2D eigenvalue weighted by Gasteiger charge is -2.55. The summed E-state index contributed by atoms with van der Waals surface area (Å²) in [7, 11) is 0. The van der Waals surface area contributed by atoms with Crippen molar-refractivity contribution in [1.29, 1.82) is 0 Å². The molecule has 2 bridgehead atoms. The molecule has 2 atom stereocenters. The van der Waals surface area contributed by atoms with Crippen molar-refractivity contribution in [1.82, 2.24) is 0 Å². The van der Waals surface area contributed by atoms with E-state index in [1.165, 1.54) is 18.4 Å². The van der Waals surface area contributed by atoms with E-state index in [1.807, 2.05) is 0 Å². The number of allylic oxidation sites excluding steroid dienone is 1. The van der Waals surface area contributed by atoms with E-state index in [2.05, 4.69) is 19.9 Å². The second-order valence-corrected chi connectivity index (χ2v) is 4.86. The van der Waals surface area contributed by atoms with Crippen molar-refractivity contribution in [2.75, 3.05) is 6.61 Å². The van der Waals surface area contributed by atoms with Crippen LogP contribution in [0.15, 0.2) is 11.6 Å². The fraction of sp³-hybridized carbons (Fsp3) is 0.818. The lowest BCUT2D eigenvalue weighted by molar-refractivity contribution is -0.00227. The van der Waals surface area contributed by atoms with Crippen molar-refractivity contribution in [3.63, 3.8) is 0 Å². The molecule has 0 amide bonds. The van der Waals surface area contributed by atoms with Crippen LogP contribution in [0.1, 0.15) is 33.1 Å². The van der Waals surface area contributed by atoms with Gasteiger partial charge < -0.3 is 5.11 Å². The van der Waals surface area contributed by atoms with Gasteiger partial charge in [0.05, 0.1) is 0 Å². The third-order valence-corrected chi connectivity index (χ3v) is 3.92. The summed E-state index contributed by atoms with van der Waals surface area (Å²) in [5.41, 5.74) is 2.05. The Labute approximate surface area is 74.5 Å². The molecule has 0 saturated heterocycles. The Morgan fingerprint density at radius 2 is 2.33 bits per heavy atom. The second kappa shape index (κ2) is 2.59. The van der Waals surface area contributed by atoms with Crippen molar-refractivity contribution in [2.45, 2.75) is 33.1 Å². The molecule has 3 aliphatic rings. The molecule has 0 heterocycles. The van der Waals surface area contributed by atoms with Gasteiger partial charge in [0.2, 0.25) is 0 Å². The lowest BCUT2D eigenvalue weighted by atomic mass is 9.50. The SMILES string of the molecule is CC1(C)[C@H]2CC(CCO)=C[C@@H]1C2. The first-order chi connectivity index (χ1) is 5.64. The average Bonchev–Trinajstić information content (AvgIpc) is 2.05. The molecule has 1 N–H and O–H groups in total. The molecular weight excluding hydrogens is 148 g/mol. The van der Waals surface area contributed by atoms with E-state index in [1.54, 1.807) is 0 Å². The van der Waals surface area contributed by atoms with Gasteiger partial charge in [0.1, 0.15) is 0 Å². The number of rotatable bonds is 2. The molecule has 68 valence electrons. The lowest BCUT2D eigenvalue weighted by Crippen LogP contribution is -2.46. The highest BCUT2D eigenvalue weighted by molar-refractivity contribution is 5.20. The molecule has 0 radical (unpaired) electrons. The average molecular weight is 166 g/mol. The number of hydrogen-bond donors (Lipinski definition) is 1. The molecule has 0 aromatic carbocycles. The minimum atomic E-state index is 0.325. The third kappa shape index (κ3) is 1.03. The Morgan fingerprint density at radius 3 is 2.75 bits per heavy atom. The van der Waals surface area contributed by atoms with Crippen molar-refractivity contribution in [3.8, 4) is 0 Å². The molecule has 1 saturated carbocycles. The summed E-state index contributed by atoms with van der Waals surface area (Å²) in [6, 6.07) is 0. The maximum Gasteiger partial charge on any atom is 0.0468 e. The normalized spacial score (nSPS) is 37.1. The minimum absolute atomic E-state index is 0.325. The molecule has 0 aliphatic heterocycles. The molecule has 3 aliphatic carbocycles. The standard InChI is InChI=1S/C11H18O/c1-11(2)9-5-8(3-4-12)6-10(11)7-9/h5,9-10,12H,3-4,6-7H2,1-2H3/t9-,10+/m1/s1. The fourth-order valence-electron chi connectivity index (χ4n) is 2.68. The van der Waals surface area contributed by atoms with Gasteiger partial charge in [-0.1, -0.05) is 25.5 Å². The second-order valence-electron chi connectivity index (χ2n) is 4.86. The fourth-order valence-corrected chi connectivity index (χ4v) is 2.68. The van der Waals surface area contributed by atoms with Gasteiger partial charge in [0, 0.05) is 6.61 Å². The summed E-state index contributed by atoms with van der Waals surface area (Å²) in [5.74, 6) is 1.70. The van der Waals surface area contributed by atoms with Gasteiger partial charge >= 0.3 is 0 Å². The summed E-state index contributed by atoms with van der Waals surface area (Å²) in [4.78, 5) is 0. The Hall–Kier alpha value is -0.300. The maximum atomic E-state index is 8.81. The molecule has 0 spiro atoms. The Bertz CT molecular complexity index is 215. The van der Waals surface area contributed by atoms with Crippen LogP contribution in [0.4, 0.5) is 0 Å². The minimum Gasteiger partial charge on any atom is -0.396 e. The molecule has 1 nitrogen and oxygen atoms in total. The summed E-state index contributed by atoms with van der Waals surface area (Å²) < 4.78 is 0. The van der Waals surface area contributed by atoms with E-state index in [0.29, 0.717) is 12.0 Å². The highest BCUT2D eigenvalue weighted by Gasteiger charge is 2.49. The molecule has 1 heteroatoms. The number of aliphatic hydroxyl groups is 1. The zero-order chi connectivity index (χ0) is 8.77. The molecule has 0 aromatic rings. The molecule has 3 rings (SSSR count). The predicted molar refractivity (Wildman–Crippen MR) is 49.8 cm³/mol. The third-order valence-electron chi connectivity index (χ3n) is 3.92. The smallest absolute Gasteiger partial charge is 0.0468 e. The molecule has 1 fully saturated rings. The number of hydrogen-bond acceptors (Lipinski definition) is 1. The summed E-state index contributed by atoms with van der Waals surface area (Å²) in [6.07, 6.45) is 5.95. The monoisotopic (exact) mass is 166 g/mol. The van der Waals surface area contributed by atoms with E-state index in [0.717, 1.165) is 18.3 Å². The van der Waals surface area contributed by atoms with Crippen LogP contribution < -0.4 is 0 Å². The maximum absolute atomic E-state index is 8.81. The van der Waals surface area contributed by atoms with Gasteiger partial charge in [-0.15, -0.1) is 0 Å². The van der Waals surface area contributed by atoms with E-state index in [4.69, 9.17) is 5.11 Å². The van der Waals surface area contributed by atoms with Crippen LogP contribution in [0.5, 0.6) is 0 Å². The van der Waals surface area contributed by atoms with Gasteiger partial charge in [-0.3, -0.25) is 0 Å². The molecule has 12 heavy (non-hydrogen) atoms. The largest absolute Gasteiger partial charge is 0.396 e. The van der Waals surface area contributed by atoms with Crippen molar-refractivity contribution < 1.29 is 5.11 Å². The van der Waals surface area contributed by atoms with Crippen molar-refractivity contribution >= 4 is 0 Å². The van der Waals surface area contributed by atoms with Crippen LogP contribution in [-0.4, -0.2) is 11.7 Å². The van der Waals surface area contributed by atoms with Gasteiger partial charge in [-0.2, -0.15) is 0 Å². The van der Waals surface area contributed by atoms with E-state index in [9.17, 15) is 0 Å². The van der Waals surface area contributed by atoms with Gasteiger partial charge in [-0.25, -0.2) is 0 Å². The Kier molecular flexibility index (Phi) is 1.80. The van der Waals surface area contributed by atoms with Crippen LogP contribution in [0.25, 0.3) is 0 Å². The van der Waals surface area contributed by atoms with Crippen LogP contribution in [0.2, 0.25) is 0 Å². The van der Waals surface area contributed by atoms with Crippen LogP contribution >= 0.6 is 0 Å². The summed E-state index contributed by atoms with van der Waals surface area (Å²) in [5, 5.41) is 8.81. The zero-order valence-electron chi connectivity index (χ0n) is 8.01. The van der Waals surface area contributed by atoms with Crippen molar-refractivity contribution in [2.24, 2.45) is 17.3 Å². The molecule has 0 aromatic heterocycles. The molecular formula is C11H18O. The first-order valence-corrected chi connectivity index (χ1v) is 4.95. The molecule has 0 unspecified atom stereocenters. The van der Waals surface area contributed by atoms with Crippen LogP contribution in [0.3, 0.4) is 0 Å². The highest BCUT2D eigenvalue weighted by atomic mass is 16.2. The van der Waals surface area contributed by atoms with Crippen molar-refractivity contribution in [3.05, 3.63) is 11.6 Å². The summed E-state index contributed by atoms with van der Waals surface area (Å²) >= 11 is 0. The zero-order valence-corrected chi connectivity index (χ0v) is 8.01. The van der Waals surface area contributed by atoms with E-state index < -0.39 is 0 Å². The van der Waals surface area contributed by atoms with E-state index in [-0.39, 0.29) is 0 Å². The Balaban J connectivity index is 2.08.